The molecule has 0 amide bonds. The molecule has 1 saturated heterocycles. The van der Waals surface area contributed by atoms with Crippen LogP contribution >= 0.6 is 0 Å². The molecule has 1 fully saturated rings. The van der Waals surface area contributed by atoms with E-state index >= 15 is 0 Å². The molecule has 1 unspecified atom stereocenters. The topological polar surface area (TPSA) is 40.7 Å². The minimum atomic E-state index is 0.435. The fraction of sp³-hybridized carbons (Fsp3) is 0.308. The number of rotatable bonds is 2. The minimum Gasteiger partial charge on any atom is -0.309 e. The van der Waals surface area contributed by atoms with Crippen molar-refractivity contribution in [1.29, 1.82) is 0 Å². The summed E-state index contributed by atoms with van der Waals surface area (Å²) in [7, 11) is 5.67. The summed E-state index contributed by atoms with van der Waals surface area (Å²) >= 11 is 0. The van der Waals surface area contributed by atoms with Gasteiger partial charge in [0, 0.05) is 11.6 Å². The van der Waals surface area contributed by atoms with Crippen LogP contribution in [0.1, 0.15) is 24.6 Å². The SMILES string of the molecule is [B]c1ccc(-c2cc(C3CCCN3)[nH]n2)cc1. The fourth-order valence-electron chi connectivity index (χ4n) is 2.27. The number of hydrogen-bond acceptors (Lipinski definition) is 2. The zero-order valence-corrected chi connectivity index (χ0v) is 9.61. The van der Waals surface area contributed by atoms with Gasteiger partial charge in [-0.2, -0.15) is 5.10 Å². The maximum absolute atomic E-state index is 5.67. The van der Waals surface area contributed by atoms with Gasteiger partial charge in [-0.1, -0.05) is 29.7 Å². The van der Waals surface area contributed by atoms with Crippen LogP contribution in [0.4, 0.5) is 0 Å². The van der Waals surface area contributed by atoms with E-state index in [-0.39, 0.29) is 0 Å². The number of nitrogens with one attached hydrogen (secondary N) is 2. The molecule has 1 aliphatic heterocycles. The molecule has 3 rings (SSSR count). The second-order valence-corrected chi connectivity index (χ2v) is 4.48. The lowest BCUT2D eigenvalue weighted by Crippen LogP contribution is -2.12. The molecule has 3 nitrogen and oxygen atoms in total. The Bertz CT molecular complexity index is 498. The van der Waals surface area contributed by atoms with Gasteiger partial charge in [0.15, 0.2) is 0 Å². The molecule has 1 atom stereocenters. The number of hydrogen-bond donors (Lipinski definition) is 2. The first kappa shape index (κ1) is 10.6. The summed E-state index contributed by atoms with van der Waals surface area (Å²) in [5.74, 6) is 0. The highest BCUT2D eigenvalue weighted by Gasteiger charge is 2.18. The third-order valence-corrected chi connectivity index (χ3v) is 3.24. The predicted octanol–water partition coefficient (Wildman–Crippen LogP) is 1.29. The van der Waals surface area contributed by atoms with Crippen LogP contribution in [0.5, 0.6) is 0 Å². The molecule has 0 bridgehead atoms. The molecular formula is C13H14BN3. The second-order valence-electron chi connectivity index (χ2n) is 4.48. The first-order chi connectivity index (χ1) is 8.33. The van der Waals surface area contributed by atoms with Crippen molar-refractivity contribution < 1.29 is 0 Å². The van der Waals surface area contributed by atoms with E-state index < -0.39 is 0 Å². The van der Waals surface area contributed by atoms with Crippen LogP contribution in [0.2, 0.25) is 0 Å². The lowest BCUT2D eigenvalue weighted by atomic mass is 9.95. The molecule has 2 radical (unpaired) electrons. The van der Waals surface area contributed by atoms with Crippen molar-refractivity contribution in [3.63, 3.8) is 0 Å². The average Bonchev–Trinajstić information content (AvgIpc) is 3.00. The maximum Gasteiger partial charge on any atom is 0.113 e. The fourth-order valence-corrected chi connectivity index (χ4v) is 2.27. The summed E-state index contributed by atoms with van der Waals surface area (Å²) in [6, 6.07) is 10.4. The highest BCUT2D eigenvalue weighted by Crippen LogP contribution is 2.24. The Kier molecular flexibility index (Phi) is 2.73. The standard InChI is InChI=1S/C13H14BN3/c14-10-5-3-9(4-6-10)12-8-13(17-16-12)11-2-1-7-15-11/h3-6,8,11,15H,1-2,7H2,(H,16,17). The van der Waals surface area contributed by atoms with Crippen LogP contribution in [-0.4, -0.2) is 24.6 Å². The minimum absolute atomic E-state index is 0.435. The van der Waals surface area contributed by atoms with E-state index in [0.29, 0.717) is 6.04 Å². The molecule has 2 heterocycles. The van der Waals surface area contributed by atoms with Crippen molar-refractivity contribution in [2.24, 2.45) is 0 Å². The molecule has 1 aliphatic rings. The van der Waals surface area contributed by atoms with E-state index in [0.717, 1.165) is 23.3 Å². The van der Waals surface area contributed by atoms with Crippen LogP contribution in [0.25, 0.3) is 11.3 Å². The summed E-state index contributed by atoms with van der Waals surface area (Å²) in [5.41, 5.74) is 4.03. The van der Waals surface area contributed by atoms with Crippen molar-refractivity contribution in [3.05, 3.63) is 36.0 Å². The molecule has 1 aromatic heterocycles. The first-order valence-electron chi connectivity index (χ1n) is 5.97. The number of aromatic nitrogens is 2. The van der Waals surface area contributed by atoms with Gasteiger partial charge in [0.25, 0.3) is 0 Å². The van der Waals surface area contributed by atoms with Crippen LogP contribution in [-0.2, 0) is 0 Å². The number of H-pyrrole nitrogens is 1. The van der Waals surface area contributed by atoms with Crippen molar-refractivity contribution in [2.45, 2.75) is 18.9 Å². The van der Waals surface area contributed by atoms with Gasteiger partial charge >= 0.3 is 0 Å². The molecule has 4 heteroatoms. The number of benzene rings is 1. The molecule has 17 heavy (non-hydrogen) atoms. The Morgan fingerprint density at radius 2 is 2.06 bits per heavy atom. The molecule has 0 saturated carbocycles. The Labute approximate surface area is 102 Å². The zero-order chi connectivity index (χ0) is 11.7. The van der Waals surface area contributed by atoms with E-state index in [9.17, 15) is 0 Å². The van der Waals surface area contributed by atoms with E-state index in [4.69, 9.17) is 7.85 Å². The van der Waals surface area contributed by atoms with Gasteiger partial charge < -0.3 is 5.32 Å². The van der Waals surface area contributed by atoms with Crippen molar-refractivity contribution >= 4 is 13.3 Å². The third kappa shape index (κ3) is 2.13. The highest BCUT2D eigenvalue weighted by molar-refractivity contribution is 6.32. The van der Waals surface area contributed by atoms with Gasteiger partial charge in [-0.05, 0) is 25.5 Å². The Morgan fingerprint density at radius 1 is 1.24 bits per heavy atom. The molecular weight excluding hydrogens is 209 g/mol. The molecule has 0 aliphatic carbocycles. The summed E-state index contributed by atoms with van der Waals surface area (Å²) < 4.78 is 0. The van der Waals surface area contributed by atoms with Gasteiger partial charge in [0.2, 0.25) is 0 Å². The Hall–Kier alpha value is -1.55. The van der Waals surface area contributed by atoms with Gasteiger partial charge in [0.1, 0.15) is 7.85 Å². The normalized spacial score (nSPS) is 19.6. The molecule has 2 N–H and O–H groups in total. The predicted molar refractivity (Wildman–Crippen MR) is 69.4 cm³/mol. The smallest absolute Gasteiger partial charge is 0.113 e. The number of nitrogens with zero attached hydrogens (tertiary/aromatic N) is 1. The second kappa shape index (κ2) is 4.38. The van der Waals surface area contributed by atoms with Crippen molar-refractivity contribution in [2.75, 3.05) is 6.54 Å². The molecule has 1 aromatic carbocycles. The van der Waals surface area contributed by atoms with Crippen LogP contribution in [0.3, 0.4) is 0 Å². The van der Waals surface area contributed by atoms with E-state index in [1.54, 1.807) is 0 Å². The highest BCUT2D eigenvalue weighted by atomic mass is 15.1. The summed E-state index contributed by atoms with van der Waals surface area (Å²) in [6.45, 7) is 1.10. The summed E-state index contributed by atoms with van der Waals surface area (Å²) in [5, 5.41) is 10.9. The van der Waals surface area contributed by atoms with Gasteiger partial charge in [-0.25, -0.2) is 0 Å². The van der Waals surface area contributed by atoms with E-state index in [1.807, 2.05) is 24.3 Å². The summed E-state index contributed by atoms with van der Waals surface area (Å²) in [4.78, 5) is 0. The largest absolute Gasteiger partial charge is 0.309 e. The van der Waals surface area contributed by atoms with Crippen LogP contribution in [0.15, 0.2) is 30.3 Å². The van der Waals surface area contributed by atoms with E-state index in [2.05, 4.69) is 21.6 Å². The molecule has 2 aromatic rings. The van der Waals surface area contributed by atoms with Crippen molar-refractivity contribution in [3.8, 4) is 11.3 Å². The van der Waals surface area contributed by atoms with Crippen LogP contribution in [0, 0.1) is 0 Å². The lowest BCUT2D eigenvalue weighted by Gasteiger charge is -2.05. The number of aromatic amines is 1. The first-order valence-corrected chi connectivity index (χ1v) is 5.97. The third-order valence-electron chi connectivity index (χ3n) is 3.24. The van der Waals surface area contributed by atoms with Crippen LogP contribution < -0.4 is 10.8 Å². The molecule has 0 spiro atoms. The van der Waals surface area contributed by atoms with Gasteiger partial charge in [0.05, 0.1) is 11.4 Å². The Morgan fingerprint density at radius 3 is 2.76 bits per heavy atom. The monoisotopic (exact) mass is 223 g/mol. The Balaban J connectivity index is 1.86. The summed E-state index contributed by atoms with van der Waals surface area (Å²) in [6.07, 6.45) is 2.42. The zero-order valence-electron chi connectivity index (χ0n) is 9.61. The molecule has 84 valence electrons. The maximum atomic E-state index is 5.67. The van der Waals surface area contributed by atoms with Gasteiger partial charge in [-0.3, -0.25) is 5.10 Å². The van der Waals surface area contributed by atoms with Crippen molar-refractivity contribution in [1.82, 2.24) is 15.5 Å². The quantitative estimate of drug-likeness (QED) is 0.753. The van der Waals surface area contributed by atoms with Gasteiger partial charge in [-0.15, -0.1) is 0 Å². The average molecular weight is 223 g/mol. The van der Waals surface area contributed by atoms with E-state index in [1.165, 1.54) is 18.5 Å². The lowest BCUT2D eigenvalue weighted by molar-refractivity contribution is 0.625.